The maximum atomic E-state index is 12.9. The van der Waals surface area contributed by atoms with Crippen molar-refractivity contribution in [3.8, 4) is 0 Å². The van der Waals surface area contributed by atoms with Gasteiger partial charge in [-0.15, -0.1) is 0 Å². The Morgan fingerprint density at radius 3 is 0.704 bits per heavy atom. The van der Waals surface area contributed by atoms with Crippen LogP contribution in [-0.4, -0.2) is 37.2 Å². The van der Waals surface area contributed by atoms with Crippen molar-refractivity contribution in [2.75, 3.05) is 13.2 Å². The molecular formula is C65H122O6. The van der Waals surface area contributed by atoms with Crippen LogP contribution in [0.4, 0.5) is 0 Å². The third-order valence-electron chi connectivity index (χ3n) is 14.4. The van der Waals surface area contributed by atoms with Crippen LogP contribution in [0, 0.1) is 0 Å². The van der Waals surface area contributed by atoms with E-state index in [0.29, 0.717) is 19.3 Å². The van der Waals surface area contributed by atoms with E-state index in [1.807, 2.05) is 0 Å². The Labute approximate surface area is 443 Å². The van der Waals surface area contributed by atoms with Crippen molar-refractivity contribution in [2.45, 2.75) is 361 Å². The summed E-state index contributed by atoms with van der Waals surface area (Å²) in [5, 5.41) is 0. The zero-order chi connectivity index (χ0) is 51.4. The number of carbonyl (C=O) groups is 3. The van der Waals surface area contributed by atoms with E-state index in [1.54, 1.807) is 0 Å². The average molecular weight is 1000 g/mol. The van der Waals surface area contributed by atoms with Gasteiger partial charge >= 0.3 is 17.9 Å². The first kappa shape index (κ1) is 68.9. The number of ether oxygens (including phenoxy) is 3. The van der Waals surface area contributed by atoms with Crippen LogP contribution in [0.15, 0.2) is 24.3 Å². The molecule has 0 saturated heterocycles. The molecule has 0 aliphatic carbocycles. The number of allylic oxidation sites excluding steroid dienone is 4. The zero-order valence-electron chi connectivity index (χ0n) is 48.0. The van der Waals surface area contributed by atoms with E-state index < -0.39 is 6.10 Å². The summed E-state index contributed by atoms with van der Waals surface area (Å²) in [6, 6.07) is 0. The highest BCUT2D eigenvalue weighted by atomic mass is 16.6. The highest BCUT2D eigenvalue weighted by molar-refractivity contribution is 5.71. The third-order valence-corrected chi connectivity index (χ3v) is 14.4. The van der Waals surface area contributed by atoms with Gasteiger partial charge in [0.05, 0.1) is 0 Å². The summed E-state index contributed by atoms with van der Waals surface area (Å²) in [6.45, 7) is 6.69. The summed E-state index contributed by atoms with van der Waals surface area (Å²) < 4.78 is 16.9. The minimum absolute atomic E-state index is 0.0694. The van der Waals surface area contributed by atoms with Crippen LogP contribution in [0.1, 0.15) is 355 Å². The van der Waals surface area contributed by atoms with Crippen LogP contribution >= 0.6 is 0 Å². The monoisotopic (exact) mass is 999 g/mol. The molecule has 0 aliphatic heterocycles. The highest BCUT2D eigenvalue weighted by Gasteiger charge is 2.19. The average Bonchev–Trinajstić information content (AvgIpc) is 3.37. The van der Waals surface area contributed by atoms with Gasteiger partial charge in [0.2, 0.25) is 0 Å². The number of rotatable bonds is 59. The van der Waals surface area contributed by atoms with Crippen molar-refractivity contribution in [3.63, 3.8) is 0 Å². The van der Waals surface area contributed by atoms with Gasteiger partial charge in [-0.05, 0) is 70.6 Å². The van der Waals surface area contributed by atoms with Crippen molar-refractivity contribution < 1.29 is 28.6 Å². The summed E-state index contributed by atoms with van der Waals surface area (Å²) in [6.07, 6.45) is 71.7. The van der Waals surface area contributed by atoms with Crippen molar-refractivity contribution in [1.29, 1.82) is 0 Å². The molecule has 0 unspecified atom stereocenters. The summed E-state index contributed by atoms with van der Waals surface area (Å²) in [5.41, 5.74) is 0. The fourth-order valence-corrected chi connectivity index (χ4v) is 9.61. The fraction of sp³-hybridized carbons (Fsp3) is 0.892. The molecule has 0 amide bonds. The Kier molecular flexibility index (Phi) is 58.6. The van der Waals surface area contributed by atoms with Crippen LogP contribution in [0.2, 0.25) is 0 Å². The van der Waals surface area contributed by atoms with Gasteiger partial charge in [-0.2, -0.15) is 0 Å². The highest BCUT2D eigenvalue weighted by Crippen LogP contribution is 2.17. The van der Waals surface area contributed by atoms with E-state index >= 15 is 0 Å². The molecule has 0 saturated carbocycles. The quantitative estimate of drug-likeness (QED) is 0.0261. The van der Waals surface area contributed by atoms with Crippen molar-refractivity contribution >= 4 is 17.9 Å². The molecule has 0 aromatic heterocycles. The number of hydrogen-bond donors (Lipinski definition) is 0. The second kappa shape index (κ2) is 60.4. The lowest BCUT2D eigenvalue weighted by Crippen LogP contribution is -2.30. The van der Waals surface area contributed by atoms with E-state index in [0.717, 1.165) is 57.8 Å². The predicted octanol–water partition coefficient (Wildman–Crippen LogP) is 21.4. The van der Waals surface area contributed by atoms with Gasteiger partial charge in [0.1, 0.15) is 13.2 Å². The molecular weight excluding hydrogens is 877 g/mol. The minimum atomic E-state index is -0.772. The second-order valence-electron chi connectivity index (χ2n) is 21.7. The zero-order valence-corrected chi connectivity index (χ0v) is 48.0. The topological polar surface area (TPSA) is 78.9 Å². The molecule has 6 nitrogen and oxygen atoms in total. The van der Waals surface area contributed by atoms with Crippen molar-refractivity contribution in [1.82, 2.24) is 0 Å². The molecule has 71 heavy (non-hydrogen) atoms. The van der Waals surface area contributed by atoms with E-state index in [4.69, 9.17) is 14.2 Å². The summed E-state index contributed by atoms with van der Waals surface area (Å²) in [5.74, 6) is -0.852. The van der Waals surface area contributed by atoms with Crippen LogP contribution in [0.25, 0.3) is 0 Å². The lowest BCUT2D eigenvalue weighted by atomic mass is 10.0. The van der Waals surface area contributed by atoms with Gasteiger partial charge in [0, 0.05) is 19.3 Å². The van der Waals surface area contributed by atoms with Gasteiger partial charge in [0.25, 0.3) is 0 Å². The first-order valence-corrected chi connectivity index (χ1v) is 31.8. The molecule has 0 bridgehead atoms. The third kappa shape index (κ3) is 58.7. The molecule has 0 N–H and O–H groups in total. The second-order valence-corrected chi connectivity index (χ2v) is 21.7. The Bertz CT molecular complexity index is 1150. The lowest BCUT2D eigenvalue weighted by molar-refractivity contribution is -0.167. The van der Waals surface area contributed by atoms with Crippen LogP contribution in [0.3, 0.4) is 0 Å². The van der Waals surface area contributed by atoms with Crippen LogP contribution in [0.5, 0.6) is 0 Å². The molecule has 0 aromatic rings. The fourth-order valence-electron chi connectivity index (χ4n) is 9.61. The molecule has 6 heteroatoms. The minimum Gasteiger partial charge on any atom is -0.462 e. The Morgan fingerprint density at radius 2 is 0.465 bits per heavy atom. The molecule has 0 aliphatic rings. The first-order chi connectivity index (χ1) is 35.0. The molecule has 0 aromatic carbocycles. The standard InChI is InChI=1S/C65H122O6/c1-4-7-10-13-16-19-22-25-28-31-32-35-37-40-43-46-49-52-55-58-64(67)70-61-62(71-65(68)59-56-53-50-47-44-41-38-34-30-27-24-21-18-15-12-9-6-3)60-69-63(66)57-54-51-48-45-42-39-36-33-29-26-23-20-17-14-11-8-5-2/h27,30-32,62H,4-26,28-29,33-61H2,1-3H3/b30-27-,32-31-/t62-/m1/s1. The maximum absolute atomic E-state index is 12.9. The Hall–Kier alpha value is -2.11. The van der Waals surface area contributed by atoms with Crippen molar-refractivity contribution in [3.05, 3.63) is 24.3 Å². The van der Waals surface area contributed by atoms with E-state index in [9.17, 15) is 14.4 Å². The normalized spacial score (nSPS) is 12.1. The molecule has 418 valence electrons. The van der Waals surface area contributed by atoms with E-state index in [-0.39, 0.29) is 31.1 Å². The van der Waals surface area contributed by atoms with Gasteiger partial charge < -0.3 is 14.2 Å². The molecule has 0 fully saturated rings. The molecule has 0 heterocycles. The SMILES string of the molecule is CCCCCCCC/C=C\CCCCCCCCCC(=O)O[C@@H](COC(=O)CCCCCCCCC/C=C\CCCCCCCCCC)COC(=O)CCCCCCCCCCCCCCCCCCC. The first-order valence-electron chi connectivity index (χ1n) is 31.8. The van der Waals surface area contributed by atoms with Gasteiger partial charge in [-0.1, -0.05) is 289 Å². The Morgan fingerprint density at radius 1 is 0.268 bits per heavy atom. The van der Waals surface area contributed by atoms with Gasteiger partial charge in [-0.25, -0.2) is 0 Å². The molecule has 0 radical (unpaired) electrons. The smallest absolute Gasteiger partial charge is 0.306 e. The molecule has 0 rings (SSSR count). The van der Waals surface area contributed by atoms with Crippen LogP contribution in [-0.2, 0) is 28.6 Å². The number of carbonyl (C=O) groups excluding carboxylic acids is 3. The molecule has 0 spiro atoms. The lowest BCUT2D eigenvalue weighted by Gasteiger charge is -2.18. The van der Waals surface area contributed by atoms with Gasteiger partial charge in [-0.3, -0.25) is 14.4 Å². The molecule has 1 atom stereocenters. The van der Waals surface area contributed by atoms with E-state index in [2.05, 4.69) is 45.1 Å². The van der Waals surface area contributed by atoms with Crippen molar-refractivity contribution in [2.24, 2.45) is 0 Å². The summed E-state index contributed by atoms with van der Waals surface area (Å²) >= 11 is 0. The van der Waals surface area contributed by atoms with Crippen LogP contribution < -0.4 is 0 Å². The van der Waals surface area contributed by atoms with Gasteiger partial charge in [0.15, 0.2) is 6.10 Å². The number of hydrogen-bond acceptors (Lipinski definition) is 6. The maximum Gasteiger partial charge on any atom is 0.306 e. The Balaban J connectivity index is 4.33. The largest absolute Gasteiger partial charge is 0.462 e. The summed E-state index contributed by atoms with van der Waals surface area (Å²) in [7, 11) is 0. The number of unbranched alkanes of at least 4 members (excludes halogenated alkanes) is 44. The van der Waals surface area contributed by atoms with E-state index in [1.165, 1.54) is 257 Å². The number of esters is 3. The predicted molar refractivity (Wildman–Crippen MR) is 307 cm³/mol. The summed E-state index contributed by atoms with van der Waals surface area (Å²) in [4.78, 5) is 38.3.